The lowest BCUT2D eigenvalue weighted by atomic mass is 10.1. The molecular formula is C10H11BrN2O. The summed E-state index contributed by atoms with van der Waals surface area (Å²) in [5.41, 5.74) is 7.21. The zero-order valence-corrected chi connectivity index (χ0v) is 9.08. The molecule has 3 nitrogen and oxygen atoms in total. The number of rotatable bonds is 2. The third kappa shape index (κ3) is 1.45. The molecule has 14 heavy (non-hydrogen) atoms. The van der Waals surface area contributed by atoms with Crippen LogP contribution in [-0.4, -0.2) is 16.6 Å². The molecule has 4 N–H and O–H groups in total. The maximum Gasteiger partial charge on any atom is 0.0932 e. The molecule has 0 radical (unpaired) electrons. The van der Waals surface area contributed by atoms with Gasteiger partial charge in [0, 0.05) is 28.2 Å². The molecule has 1 heterocycles. The summed E-state index contributed by atoms with van der Waals surface area (Å²) in [5.74, 6) is 0. The molecule has 0 bridgehead atoms. The van der Waals surface area contributed by atoms with E-state index in [0.29, 0.717) is 0 Å². The van der Waals surface area contributed by atoms with Gasteiger partial charge in [-0.15, -0.1) is 0 Å². The van der Waals surface area contributed by atoms with E-state index in [-0.39, 0.29) is 6.54 Å². The predicted molar refractivity (Wildman–Crippen MR) is 60.0 cm³/mol. The number of aromatic nitrogens is 1. The number of aliphatic hydroxyl groups excluding tert-OH is 1. The topological polar surface area (TPSA) is 62.0 Å². The van der Waals surface area contributed by atoms with Crippen LogP contribution in [0.4, 0.5) is 0 Å². The Bertz CT molecular complexity index is 452. The molecule has 0 aliphatic heterocycles. The Labute approximate surface area is 90.1 Å². The molecule has 2 rings (SSSR count). The van der Waals surface area contributed by atoms with Gasteiger partial charge in [0.15, 0.2) is 0 Å². The lowest BCUT2D eigenvalue weighted by molar-refractivity contribution is 0.188. The highest BCUT2D eigenvalue weighted by Gasteiger charge is 2.11. The number of hydrogen-bond acceptors (Lipinski definition) is 2. The van der Waals surface area contributed by atoms with Crippen LogP contribution in [0.5, 0.6) is 0 Å². The molecule has 1 atom stereocenters. The first-order chi connectivity index (χ1) is 6.74. The first kappa shape index (κ1) is 9.71. The van der Waals surface area contributed by atoms with Crippen molar-refractivity contribution in [1.29, 1.82) is 0 Å². The predicted octanol–water partition coefficient (Wildman–Crippen LogP) is 1.92. The normalized spacial score (nSPS) is 13.4. The molecule has 0 fully saturated rings. The lowest BCUT2D eigenvalue weighted by Gasteiger charge is -2.08. The van der Waals surface area contributed by atoms with Gasteiger partial charge < -0.3 is 15.8 Å². The standard InChI is InChI=1S/C10H11BrN2O/c11-8-5-13-10-6(8)2-1-3-7(10)9(14)4-12/h1-3,5,9,13-14H,4,12H2. The minimum absolute atomic E-state index is 0.232. The number of hydrogen-bond donors (Lipinski definition) is 3. The van der Waals surface area contributed by atoms with Gasteiger partial charge in [-0.2, -0.15) is 0 Å². The summed E-state index contributed by atoms with van der Waals surface area (Å²) in [4.78, 5) is 3.11. The molecular weight excluding hydrogens is 244 g/mol. The van der Waals surface area contributed by atoms with Crippen molar-refractivity contribution in [3.63, 3.8) is 0 Å². The number of nitrogens with one attached hydrogen (secondary N) is 1. The molecule has 2 aromatic rings. The molecule has 0 amide bonds. The molecule has 0 spiro atoms. The van der Waals surface area contributed by atoms with Gasteiger partial charge in [-0.05, 0) is 15.9 Å². The van der Waals surface area contributed by atoms with Crippen LogP contribution < -0.4 is 5.73 Å². The molecule has 74 valence electrons. The van der Waals surface area contributed by atoms with Gasteiger partial charge in [0.25, 0.3) is 0 Å². The number of benzene rings is 1. The van der Waals surface area contributed by atoms with Crippen molar-refractivity contribution in [3.8, 4) is 0 Å². The fourth-order valence-electron chi connectivity index (χ4n) is 1.55. The highest BCUT2D eigenvalue weighted by molar-refractivity contribution is 9.10. The summed E-state index contributed by atoms with van der Waals surface area (Å²) >= 11 is 3.43. The third-order valence-corrected chi connectivity index (χ3v) is 2.94. The van der Waals surface area contributed by atoms with Crippen molar-refractivity contribution in [3.05, 3.63) is 34.4 Å². The van der Waals surface area contributed by atoms with E-state index in [4.69, 9.17) is 5.73 Å². The van der Waals surface area contributed by atoms with Gasteiger partial charge >= 0.3 is 0 Å². The average Bonchev–Trinajstić information content (AvgIpc) is 2.59. The zero-order valence-electron chi connectivity index (χ0n) is 7.50. The summed E-state index contributed by atoms with van der Waals surface area (Å²) in [6, 6.07) is 5.78. The maximum absolute atomic E-state index is 9.68. The Morgan fingerprint density at radius 1 is 1.50 bits per heavy atom. The number of para-hydroxylation sites is 1. The Morgan fingerprint density at radius 3 is 3.00 bits per heavy atom. The maximum atomic E-state index is 9.68. The second-order valence-electron chi connectivity index (χ2n) is 3.16. The first-order valence-corrected chi connectivity index (χ1v) is 5.17. The monoisotopic (exact) mass is 254 g/mol. The first-order valence-electron chi connectivity index (χ1n) is 4.37. The molecule has 0 saturated carbocycles. The molecule has 0 saturated heterocycles. The Morgan fingerprint density at radius 2 is 2.29 bits per heavy atom. The van der Waals surface area contributed by atoms with E-state index in [1.807, 2.05) is 24.4 Å². The van der Waals surface area contributed by atoms with Crippen LogP contribution in [0.25, 0.3) is 10.9 Å². The molecule has 4 heteroatoms. The van der Waals surface area contributed by atoms with Crippen LogP contribution in [0, 0.1) is 0 Å². The number of H-pyrrole nitrogens is 1. The third-order valence-electron chi connectivity index (χ3n) is 2.28. The number of fused-ring (bicyclic) bond motifs is 1. The summed E-state index contributed by atoms with van der Waals surface area (Å²) in [7, 11) is 0. The van der Waals surface area contributed by atoms with Gasteiger partial charge in [-0.25, -0.2) is 0 Å². The average molecular weight is 255 g/mol. The van der Waals surface area contributed by atoms with Gasteiger partial charge in [0.1, 0.15) is 0 Å². The van der Waals surface area contributed by atoms with Crippen LogP contribution in [0.3, 0.4) is 0 Å². The highest BCUT2D eigenvalue weighted by atomic mass is 79.9. The molecule has 0 aliphatic rings. The summed E-state index contributed by atoms with van der Waals surface area (Å²) in [6.07, 6.45) is 1.25. The second-order valence-corrected chi connectivity index (χ2v) is 4.01. The van der Waals surface area contributed by atoms with E-state index < -0.39 is 6.10 Å². The fraction of sp³-hybridized carbons (Fsp3) is 0.200. The van der Waals surface area contributed by atoms with E-state index in [1.165, 1.54) is 0 Å². The molecule has 0 aliphatic carbocycles. The Kier molecular flexibility index (Phi) is 2.58. The van der Waals surface area contributed by atoms with Gasteiger partial charge in [0.05, 0.1) is 11.6 Å². The molecule has 1 aromatic carbocycles. The van der Waals surface area contributed by atoms with E-state index in [9.17, 15) is 5.11 Å². The van der Waals surface area contributed by atoms with E-state index in [0.717, 1.165) is 20.9 Å². The minimum Gasteiger partial charge on any atom is -0.387 e. The quantitative estimate of drug-likeness (QED) is 0.767. The minimum atomic E-state index is -0.607. The van der Waals surface area contributed by atoms with E-state index >= 15 is 0 Å². The van der Waals surface area contributed by atoms with Gasteiger partial charge in [-0.1, -0.05) is 18.2 Å². The smallest absolute Gasteiger partial charge is 0.0932 e. The molecule has 1 aromatic heterocycles. The van der Waals surface area contributed by atoms with Crippen LogP contribution in [0.15, 0.2) is 28.9 Å². The Hall–Kier alpha value is -0.840. The van der Waals surface area contributed by atoms with E-state index in [1.54, 1.807) is 0 Å². The van der Waals surface area contributed by atoms with Crippen molar-refractivity contribution in [1.82, 2.24) is 4.98 Å². The van der Waals surface area contributed by atoms with Crippen LogP contribution in [0.1, 0.15) is 11.7 Å². The van der Waals surface area contributed by atoms with Crippen LogP contribution in [-0.2, 0) is 0 Å². The largest absolute Gasteiger partial charge is 0.387 e. The van der Waals surface area contributed by atoms with Gasteiger partial charge in [0.2, 0.25) is 0 Å². The van der Waals surface area contributed by atoms with Crippen molar-refractivity contribution in [2.75, 3.05) is 6.54 Å². The lowest BCUT2D eigenvalue weighted by Crippen LogP contribution is -2.11. The van der Waals surface area contributed by atoms with E-state index in [2.05, 4.69) is 20.9 Å². The zero-order chi connectivity index (χ0) is 10.1. The van der Waals surface area contributed by atoms with Crippen LogP contribution in [0.2, 0.25) is 0 Å². The van der Waals surface area contributed by atoms with Crippen LogP contribution >= 0.6 is 15.9 Å². The molecule has 1 unspecified atom stereocenters. The highest BCUT2D eigenvalue weighted by Crippen LogP contribution is 2.28. The SMILES string of the molecule is NCC(O)c1cccc2c(Br)c[nH]c12. The van der Waals surface area contributed by atoms with Crippen molar-refractivity contribution >= 4 is 26.8 Å². The van der Waals surface area contributed by atoms with Crippen molar-refractivity contribution in [2.24, 2.45) is 5.73 Å². The number of halogens is 1. The Balaban J connectivity index is 2.65. The summed E-state index contributed by atoms with van der Waals surface area (Å²) in [6.45, 7) is 0.232. The van der Waals surface area contributed by atoms with Crippen molar-refractivity contribution in [2.45, 2.75) is 6.10 Å². The van der Waals surface area contributed by atoms with Crippen molar-refractivity contribution < 1.29 is 5.11 Å². The number of nitrogens with two attached hydrogens (primary N) is 1. The fourth-order valence-corrected chi connectivity index (χ4v) is 1.99. The number of aliphatic hydroxyl groups is 1. The summed E-state index contributed by atoms with van der Waals surface area (Å²) in [5, 5.41) is 10.7. The second kappa shape index (κ2) is 3.73. The summed E-state index contributed by atoms with van der Waals surface area (Å²) < 4.78 is 0.999. The number of aromatic amines is 1. The van der Waals surface area contributed by atoms with Gasteiger partial charge in [-0.3, -0.25) is 0 Å².